The van der Waals surface area contributed by atoms with Crippen molar-refractivity contribution < 1.29 is 19.1 Å². The highest BCUT2D eigenvalue weighted by Crippen LogP contribution is 2.19. The standard InChI is InChI=1S/C30H34ClN5O4S/c1-40-19-18-36(29(39)25-11-5-6-12-26(25)31)21-27(37)33-30-32-24(22-41-30)20-28(38)35-16-14-34(15-17-35)13-7-10-23-8-3-2-4-9-23/h2-12,22H,13-21H2,1H3,(H,32,33,37). The molecule has 1 fully saturated rings. The molecule has 1 aromatic heterocycles. The van der Waals surface area contributed by atoms with Gasteiger partial charge in [0.25, 0.3) is 5.91 Å². The number of thiazole rings is 1. The van der Waals surface area contributed by atoms with Crippen molar-refractivity contribution in [3.05, 3.63) is 87.9 Å². The lowest BCUT2D eigenvalue weighted by atomic mass is 10.2. The largest absolute Gasteiger partial charge is 0.383 e. The van der Waals surface area contributed by atoms with Gasteiger partial charge in [-0.05, 0) is 17.7 Å². The van der Waals surface area contributed by atoms with Crippen molar-refractivity contribution in [3.8, 4) is 0 Å². The molecule has 2 heterocycles. The lowest BCUT2D eigenvalue weighted by Gasteiger charge is -2.34. The van der Waals surface area contributed by atoms with Crippen LogP contribution in [0.5, 0.6) is 0 Å². The van der Waals surface area contributed by atoms with Crippen LogP contribution in [0.3, 0.4) is 0 Å². The molecule has 1 aliphatic rings. The second kappa shape index (κ2) is 15.4. The molecule has 0 aliphatic carbocycles. The second-order valence-corrected chi connectivity index (χ2v) is 10.8. The number of nitrogens with one attached hydrogen (secondary N) is 1. The molecule has 4 rings (SSSR count). The summed E-state index contributed by atoms with van der Waals surface area (Å²) in [5.41, 5.74) is 2.10. The topological polar surface area (TPSA) is 95.1 Å². The summed E-state index contributed by atoms with van der Waals surface area (Å²) >= 11 is 7.44. The minimum Gasteiger partial charge on any atom is -0.383 e. The fraction of sp³-hybridized carbons (Fsp3) is 0.333. The van der Waals surface area contributed by atoms with E-state index >= 15 is 0 Å². The first-order valence-electron chi connectivity index (χ1n) is 13.4. The van der Waals surface area contributed by atoms with Gasteiger partial charge in [-0.3, -0.25) is 19.3 Å². The number of carbonyl (C=O) groups is 3. The fourth-order valence-corrected chi connectivity index (χ4v) is 5.33. The third kappa shape index (κ3) is 9.22. The van der Waals surface area contributed by atoms with Gasteiger partial charge in [0.05, 0.1) is 29.3 Å². The maximum absolute atomic E-state index is 13.0. The number of rotatable bonds is 12. The first kappa shape index (κ1) is 30.4. The number of ether oxygens (including phenoxy) is 1. The van der Waals surface area contributed by atoms with Crippen LogP contribution in [0, 0.1) is 0 Å². The summed E-state index contributed by atoms with van der Waals surface area (Å²) in [7, 11) is 1.53. The first-order chi connectivity index (χ1) is 19.9. The Bertz CT molecular complexity index is 1340. The van der Waals surface area contributed by atoms with Crippen molar-refractivity contribution in [2.24, 2.45) is 0 Å². The average molecular weight is 596 g/mol. The number of methoxy groups -OCH3 is 1. The van der Waals surface area contributed by atoms with E-state index in [1.165, 1.54) is 28.9 Å². The van der Waals surface area contributed by atoms with Crippen molar-refractivity contribution in [1.29, 1.82) is 0 Å². The van der Waals surface area contributed by atoms with Crippen LogP contribution in [0.2, 0.25) is 5.02 Å². The average Bonchev–Trinajstić information content (AvgIpc) is 3.42. The Hall–Kier alpha value is -3.57. The molecule has 1 aliphatic heterocycles. The Balaban J connectivity index is 1.23. The molecule has 9 nitrogen and oxygen atoms in total. The molecule has 11 heteroatoms. The number of carbonyl (C=O) groups excluding carboxylic acids is 3. The third-order valence-electron chi connectivity index (χ3n) is 6.62. The number of halogens is 1. The van der Waals surface area contributed by atoms with Crippen LogP contribution >= 0.6 is 22.9 Å². The lowest BCUT2D eigenvalue weighted by molar-refractivity contribution is -0.132. The summed E-state index contributed by atoms with van der Waals surface area (Å²) in [5.74, 6) is -0.740. The number of aromatic nitrogens is 1. The summed E-state index contributed by atoms with van der Waals surface area (Å²) in [4.78, 5) is 48.7. The van der Waals surface area contributed by atoms with Crippen LogP contribution in [0.25, 0.3) is 6.08 Å². The van der Waals surface area contributed by atoms with Crippen molar-refractivity contribution in [2.75, 3.05) is 64.8 Å². The van der Waals surface area contributed by atoms with Gasteiger partial charge < -0.3 is 19.9 Å². The van der Waals surface area contributed by atoms with Crippen LogP contribution in [-0.4, -0.2) is 96.9 Å². The predicted molar refractivity (Wildman–Crippen MR) is 162 cm³/mol. The van der Waals surface area contributed by atoms with Gasteiger partial charge in [-0.2, -0.15) is 0 Å². The van der Waals surface area contributed by atoms with Crippen molar-refractivity contribution in [2.45, 2.75) is 6.42 Å². The molecule has 1 saturated heterocycles. The van der Waals surface area contributed by atoms with Gasteiger partial charge in [-0.25, -0.2) is 4.98 Å². The minimum atomic E-state index is -0.397. The van der Waals surface area contributed by atoms with E-state index in [0.29, 0.717) is 34.5 Å². The van der Waals surface area contributed by atoms with E-state index in [9.17, 15) is 14.4 Å². The highest BCUT2D eigenvalue weighted by Gasteiger charge is 2.23. The summed E-state index contributed by atoms with van der Waals surface area (Å²) in [5, 5.41) is 5.21. The van der Waals surface area contributed by atoms with E-state index in [4.69, 9.17) is 16.3 Å². The van der Waals surface area contributed by atoms with Crippen LogP contribution in [-0.2, 0) is 20.7 Å². The quantitative estimate of drug-likeness (QED) is 0.341. The Morgan fingerprint density at radius 2 is 1.80 bits per heavy atom. The van der Waals surface area contributed by atoms with Crippen LogP contribution < -0.4 is 5.32 Å². The first-order valence-corrected chi connectivity index (χ1v) is 14.7. The molecule has 3 aromatic rings. The van der Waals surface area contributed by atoms with E-state index in [-0.39, 0.29) is 37.9 Å². The fourth-order valence-electron chi connectivity index (χ4n) is 4.39. The SMILES string of the molecule is COCCN(CC(=O)Nc1nc(CC(=O)N2CCN(CC=Cc3ccccc3)CC2)cs1)C(=O)c1ccccc1Cl. The Labute approximate surface area is 249 Å². The summed E-state index contributed by atoms with van der Waals surface area (Å²) in [6, 6.07) is 16.9. The van der Waals surface area contributed by atoms with E-state index in [1.807, 2.05) is 23.1 Å². The molecule has 0 atom stereocenters. The molecule has 2 aromatic carbocycles. The van der Waals surface area contributed by atoms with Crippen LogP contribution in [0.15, 0.2) is 66.1 Å². The molecule has 3 amide bonds. The minimum absolute atomic E-state index is 0.0173. The highest BCUT2D eigenvalue weighted by atomic mass is 35.5. The van der Waals surface area contributed by atoms with Gasteiger partial charge in [0.15, 0.2) is 5.13 Å². The highest BCUT2D eigenvalue weighted by molar-refractivity contribution is 7.13. The van der Waals surface area contributed by atoms with E-state index < -0.39 is 5.91 Å². The molecule has 0 spiro atoms. The Kier molecular flexibility index (Phi) is 11.4. The smallest absolute Gasteiger partial charge is 0.255 e. The molecule has 216 valence electrons. The summed E-state index contributed by atoms with van der Waals surface area (Å²) < 4.78 is 5.11. The molecular formula is C30H34ClN5O4S. The third-order valence-corrected chi connectivity index (χ3v) is 7.76. The van der Waals surface area contributed by atoms with E-state index in [2.05, 4.69) is 39.5 Å². The zero-order valence-electron chi connectivity index (χ0n) is 23.0. The molecule has 0 radical (unpaired) electrons. The maximum atomic E-state index is 13.0. The Morgan fingerprint density at radius 3 is 2.54 bits per heavy atom. The molecule has 0 unspecified atom stereocenters. The molecule has 0 bridgehead atoms. The Morgan fingerprint density at radius 1 is 1.07 bits per heavy atom. The van der Waals surface area contributed by atoms with Gasteiger partial charge in [0.2, 0.25) is 11.8 Å². The predicted octanol–water partition coefficient (Wildman–Crippen LogP) is 3.92. The number of hydrogen-bond acceptors (Lipinski definition) is 7. The lowest BCUT2D eigenvalue weighted by Crippen LogP contribution is -2.49. The van der Waals surface area contributed by atoms with Gasteiger partial charge >= 0.3 is 0 Å². The number of piperazine rings is 1. The van der Waals surface area contributed by atoms with Gasteiger partial charge in [-0.15, -0.1) is 11.3 Å². The van der Waals surface area contributed by atoms with E-state index in [0.717, 1.165) is 19.6 Å². The summed E-state index contributed by atoms with van der Waals surface area (Å²) in [6.45, 7) is 4.12. The van der Waals surface area contributed by atoms with E-state index in [1.54, 1.807) is 29.6 Å². The number of hydrogen-bond donors (Lipinski definition) is 1. The number of amides is 3. The maximum Gasteiger partial charge on any atom is 0.255 e. The number of anilines is 1. The normalized spacial score (nSPS) is 13.9. The molecule has 41 heavy (non-hydrogen) atoms. The monoisotopic (exact) mass is 595 g/mol. The molecule has 1 N–H and O–H groups in total. The molecular weight excluding hydrogens is 562 g/mol. The van der Waals surface area contributed by atoms with Gasteiger partial charge in [-0.1, -0.05) is 66.2 Å². The molecule has 0 saturated carbocycles. The van der Waals surface area contributed by atoms with Crippen LogP contribution in [0.4, 0.5) is 5.13 Å². The zero-order chi connectivity index (χ0) is 29.0. The van der Waals surface area contributed by atoms with Gasteiger partial charge in [0.1, 0.15) is 6.54 Å². The number of nitrogens with zero attached hydrogens (tertiary/aromatic N) is 4. The second-order valence-electron chi connectivity index (χ2n) is 9.56. The van der Waals surface area contributed by atoms with Crippen LogP contribution in [0.1, 0.15) is 21.6 Å². The van der Waals surface area contributed by atoms with Gasteiger partial charge in [0, 0.05) is 51.8 Å². The number of benzene rings is 2. The summed E-state index contributed by atoms with van der Waals surface area (Å²) in [6.07, 6.45) is 4.44. The zero-order valence-corrected chi connectivity index (χ0v) is 24.6. The van der Waals surface area contributed by atoms with Crippen molar-refractivity contribution >= 4 is 51.9 Å². The van der Waals surface area contributed by atoms with Crippen molar-refractivity contribution in [1.82, 2.24) is 19.7 Å². The van der Waals surface area contributed by atoms with Crippen molar-refractivity contribution in [3.63, 3.8) is 0 Å².